The number of nitrogens with two attached hydrogens (primary N) is 1. The molecule has 1 aliphatic rings. The number of hydrogen-bond acceptors (Lipinski definition) is 2. The molecule has 0 radical (unpaired) electrons. The summed E-state index contributed by atoms with van der Waals surface area (Å²) in [5.41, 5.74) is 9.89. The lowest BCUT2D eigenvalue weighted by molar-refractivity contribution is 0.291. The van der Waals surface area contributed by atoms with Crippen LogP contribution in [0.1, 0.15) is 36.6 Å². The minimum absolute atomic E-state index is 0.0510. The summed E-state index contributed by atoms with van der Waals surface area (Å²) in [4.78, 5) is 0. The zero-order chi connectivity index (χ0) is 15.0. The lowest BCUT2D eigenvalue weighted by Gasteiger charge is -2.18. The van der Waals surface area contributed by atoms with E-state index in [9.17, 15) is 0 Å². The average Bonchev–Trinajstić information content (AvgIpc) is 2.77. The Hall–Kier alpha value is -1.51. The second kappa shape index (κ2) is 5.36. The van der Waals surface area contributed by atoms with E-state index in [1.54, 1.807) is 0 Å². The van der Waals surface area contributed by atoms with Gasteiger partial charge in [-0.05, 0) is 35.7 Å². The van der Waals surface area contributed by atoms with Crippen LogP contribution in [0, 0.1) is 0 Å². The first-order valence-electron chi connectivity index (χ1n) is 7.23. The van der Waals surface area contributed by atoms with E-state index in [1.165, 1.54) is 5.56 Å². The van der Waals surface area contributed by atoms with E-state index in [-0.39, 0.29) is 11.5 Å². The third-order valence-corrected chi connectivity index (χ3v) is 4.52. The summed E-state index contributed by atoms with van der Waals surface area (Å²) in [6, 6.07) is 14.1. The Balaban J connectivity index is 1.86. The minimum Gasteiger partial charge on any atom is -0.492 e. The first-order valence-corrected chi connectivity index (χ1v) is 7.61. The van der Waals surface area contributed by atoms with Gasteiger partial charge in [0.15, 0.2) is 0 Å². The summed E-state index contributed by atoms with van der Waals surface area (Å²) < 4.78 is 5.72. The Bertz CT molecular complexity index is 666. The number of ether oxygens (including phenoxy) is 1. The molecule has 110 valence electrons. The number of hydrogen-bond donors (Lipinski definition) is 1. The third kappa shape index (κ3) is 2.78. The quantitative estimate of drug-likeness (QED) is 0.919. The fourth-order valence-corrected chi connectivity index (χ4v) is 3.00. The molecule has 1 atom stereocenters. The zero-order valence-electron chi connectivity index (χ0n) is 12.4. The topological polar surface area (TPSA) is 35.2 Å². The highest BCUT2D eigenvalue weighted by Gasteiger charge is 2.32. The number of benzene rings is 2. The van der Waals surface area contributed by atoms with Crippen LogP contribution >= 0.6 is 11.6 Å². The SMILES string of the molecule is CC1(C)COc2ccc(C(N)Cc3ccccc3Cl)cc21. The van der Waals surface area contributed by atoms with Gasteiger partial charge in [-0.1, -0.05) is 49.7 Å². The van der Waals surface area contributed by atoms with E-state index in [0.29, 0.717) is 0 Å². The highest BCUT2D eigenvalue weighted by atomic mass is 35.5. The molecule has 0 aromatic heterocycles. The molecule has 0 saturated heterocycles. The van der Waals surface area contributed by atoms with Gasteiger partial charge in [0, 0.05) is 22.0 Å². The van der Waals surface area contributed by atoms with E-state index in [2.05, 4.69) is 26.0 Å². The van der Waals surface area contributed by atoms with E-state index >= 15 is 0 Å². The molecule has 2 aromatic rings. The van der Waals surface area contributed by atoms with Gasteiger partial charge in [0.25, 0.3) is 0 Å². The molecule has 3 rings (SSSR count). The molecule has 0 spiro atoms. The molecule has 0 bridgehead atoms. The Labute approximate surface area is 130 Å². The van der Waals surface area contributed by atoms with Gasteiger partial charge in [-0.3, -0.25) is 0 Å². The molecule has 0 saturated carbocycles. The second-order valence-electron chi connectivity index (χ2n) is 6.33. The Morgan fingerprint density at radius 1 is 1.24 bits per heavy atom. The van der Waals surface area contributed by atoms with Crippen LogP contribution in [0.3, 0.4) is 0 Å². The maximum atomic E-state index is 6.38. The van der Waals surface area contributed by atoms with Gasteiger partial charge in [-0.2, -0.15) is 0 Å². The molecule has 3 heteroatoms. The normalized spacial score (nSPS) is 17.1. The monoisotopic (exact) mass is 301 g/mol. The summed E-state index contributed by atoms with van der Waals surface area (Å²) in [5.74, 6) is 0.980. The van der Waals surface area contributed by atoms with Crippen LogP contribution in [0.2, 0.25) is 5.02 Å². The average molecular weight is 302 g/mol. The molecule has 0 fully saturated rings. The van der Waals surface area contributed by atoms with Crippen LogP contribution < -0.4 is 10.5 Å². The molecule has 21 heavy (non-hydrogen) atoms. The van der Waals surface area contributed by atoms with Crippen LogP contribution in [0.5, 0.6) is 5.75 Å². The van der Waals surface area contributed by atoms with Crippen molar-refractivity contribution >= 4 is 11.6 Å². The van der Waals surface area contributed by atoms with E-state index in [1.807, 2.05) is 30.3 Å². The standard InChI is InChI=1S/C18H20ClNO/c1-18(2)11-21-17-8-7-13(9-14(17)18)16(20)10-12-5-3-4-6-15(12)19/h3-9,16H,10-11,20H2,1-2H3. The van der Waals surface area contributed by atoms with E-state index in [0.717, 1.165) is 34.9 Å². The van der Waals surface area contributed by atoms with Crippen molar-refractivity contribution in [2.24, 2.45) is 5.73 Å². The fraction of sp³-hybridized carbons (Fsp3) is 0.333. The molecule has 2 nitrogen and oxygen atoms in total. The van der Waals surface area contributed by atoms with Crippen molar-refractivity contribution in [1.82, 2.24) is 0 Å². The smallest absolute Gasteiger partial charge is 0.123 e. The van der Waals surface area contributed by atoms with Crippen LogP contribution in [-0.4, -0.2) is 6.61 Å². The van der Waals surface area contributed by atoms with Crippen LogP contribution in [0.25, 0.3) is 0 Å². The summed E-state index contributed by atoms with van der Waals surface area (Å²) >= 11 is 6.22. The maximum absolute atomic E-state index is 6.38. The fourth-order valence-electron chi connectivity index (χ4n) is 2.79. The Morgan fingerprint density at radius 2 is 2.00 bits per heavy atom. The lowest BCUT2D eigenvalue weighted by Crippen LogP contribution is -2.19. The molecule has 0 amide bonds. The number of halogens is 1. The van der Waals surface area contributed by atoms with E-state index in [4.69, 9.17) is 22.1 Å². The number of rotatable bonds is 3. The van der Waals surface area contributed by atoms with Crippen LogP contribution in [-0.2, 0) is 11.8 Å². The van der Waals surface area contributed by atoms with Gasteiger partial charge in [0.05, 0.1) is 6.61 Å². The molecule has 2 N–H and O–H groups in total. The molecule has 0 aliphatic carbocycles. The summed E-state index contributed by atoms with van der Waals surface area (Å²) in [5, 5.41) is 0.776. The van der Waals surface area contributed by atoms with Gasteiger partial charge < -0.3 is 10.5 Å². The Morgan fingerprint density at radius 3 is 2.76 bits per heavy atom. The van der Waals surface area contributed by atoms with Gasteiger partial charge in [0.2, 0.25) is 0 Å². The predicted octanol–water partition coefficient (Wildman–Crippen LogP) is 4.25. The van der Waals surface area contributed by atoms with Crippen molar-refractivity contribution in [2.45, 2.75) is 31.7 Å². The first-order chi connectivity index (χ1) is 9.97. The van der Waals surface area contributed by atoms with Crippen molar-refractivity contribution in [1.29, 1.82) is 0 Å². The summed E-state index contributed by atoms with van der Waals surface area (Å²) in [6.45, 7) is 5.12. The Kier molecular flexibility index (Phi) is 3.68. The van der Waals surface area contributed by atoms with Gasteiger partial charge in [-0.25, -0.2) is 0 Å². The lowest BCUT2D eigenvalue weighted by atomic mass is 9.85. The summed E-state index contributed by atoms with van der Waals surface area (Å²) in [7, 11) is 0. The van der Waals surface area contributed by atoms with Crippen molar-refractivity contribution in [3.63, 3.8) is 0 Å². The highest BCUT2D eigenvalue weighted by Crippen LogP contribution is 2.39. The molecular formula is C18H20ClNO. The molecule has 2 aromatic carbocycles. The first kappa shape index (κ1) is 14.4. The van der Waals surface area contributed by atoms with Gasteiger partial charge in [-0.15, -0.1) is 0 Å². The highest BCUT2D eigenvalue weighted by molar-refractivity contribution is 6.31. The van der Waals surface area contributed by atoms with Gasteiger partial charge >= 0.3 is 0 Å². The van der Waals surface area contributed by atoms with Crippen molar-refractivity contribution in [3.05, 3.63) is 64.2 Å². The van der Waals surface area contributed by atoms with Gasteiger partial charge in [0.1, 0.15) is 5.75 Å². The molecule has 1 heterocycles. The van der Waals surface area contributed by atoms with Crippen LogP contribution in [0.15, 0.2) is 42.5 Å². The predicted molar refractivity (Wildman–Crippen MR) is 87.0 cm³/mol. The summed E-state index contributed by atoms with van der Waals surface area (Å²) in [6.07, 6.45) is 0.736. The van der Waals surface area contributed by atoms with Crippen molar-refractivity contribution < 1.29 is 4.74 Å². The molecule has 1 unspecified atom stereocenters. The maximum Gasteiger partial charge on any atom is 0.123 e. The number of fused-ring (bicyclic) bond motifs is 1. The van der Waals surface area contributed by atoms with Crippen molar-refractivity contribution in [3.8, 4) is 5.75 Å². The minimum atomic E-state index is -0.0633. The van der Waals surface area contributed by atoms with Crippen molar-refractivity contribution in [2.75, 3.05) is 6.61 Å². The van der Waals surface area contributed by atoms with Crippen LogP contribution in [0.4, 0.5) is 0 Å². The third-order valence-electron chi connectivity index (χ3n) is 4.15. The molecular weight excluding hydrogens is 282 g/mol. The largest absolute Gasteiger partial charge is 0.492 e. The zero-order valence-corrected chi connectivity index (χ0v) is 13.2. The van der Waals surface area contributed by atoms with E-state index < -0.39 is 0 Å². The second-order valence-corrected chi connectivity index (χ2v) is 6.74. The molecule has 1 aliphatic heterocycles.